The minimum atomic E-state index is 0.168. The van der Waals surface area contributed by atoms with Crippen molar-refractivity contribution in [2.24, 2.45) is 0 Å². The topological polar surface area (TPSA) is 24.1 Å². The third-order valence-corrected chi connectivity index (χ3v) is 3.14. The second-order valence-electron chi connectivity index (χ2n) is 4.43. The summed E-state index contributed by atoms with van der Waals surface area (Å²) in [5.74, 6) is 0. The molecule has 2 aromatic carbocycles. The van der Waals surface area contributed by atoms with Crippen LogP contribution >= 0.6 is 0 Å². The lowest BCUT2D eigenvalue weighted by molar-refractivity contribution is 0.421. The highest BCUT2D eigenvalue weighted by Gasteiger charge is 2.12. The number of rotatable bonds is 5. The average Bonchev–Trinajstić information content (AvgIpc) is 2.46. The van der Waals surface area contributed by atoms with E-state index in [4.69, 9.17) is 0 Å². The monoisotopic (exact) mass is 240 g/mol. The largest absolute Gasteiger partial charge is 0.301 e. The van der Waals surface area contributed by atoms with Gasteiger partial charge in [-0.05, 0) is 25.1 Å². The van der Waals surface area contributed by atoms with Crippen LogP contribution in [0.3, 0.4) is 0 Å². The fourth-order valence-electron chi connectivity index (χ4n) is 2.08. The van der Waals surface area contributed by atoms with E-state index in [1.54, 1.807) is 0 Å². The third-order valence-electron chi connectivity index (χ3n) is 3.14. The lowest BCUT2D eigenvalue weighted by atomic mass is 10.1. The SMILES string of the molecule is CNC(NC(C)c1ccccc1)c1ccccc1. The molecule has 0 spiro atoms. The van der Waals surface area contributed by atoms with Crippen molar-refractivity contribution in [1.29, 1.82) is 0 Å². The zero-order valence-electron chi connectivity index (χ0n) is 10.9. The van der Waals surface area contributed by atoms with Crippen molar-refractivity contribution in [2.75, 3.05) is 7.05 Å². The van der Waals surface area contributed by atoms with Crippen molar-refractivity contribution < 1.29 is 0 Å². The molecule has 94 valence electrons. The van der Waals surface area contributed by atoms with Gasteiger partial charge < -0.3 is 5.32 Å². The minimum absolute atomic E-state index is 0.168. The molecule has 0 amide bonds. The molecule has 2 unspecified atom stereocenters. The summed E-state index contributed by atoms with van der Waals surface area (Å²) in [7, 11) is 1.97. The van der Waals surface area contributed by atoms with E-state index in [0.717, 1.165) is 0 Å². The van der Waals surface area contributed by atoms with Crippen LogP contribution in [0.25, 0.3) is 0 Å². The summed E-state index contributed by atoms with van der Waals surface area (Å²) < 4.78 is 0. The number of hydrogen-bond acceptors (Lipinski definition) is 2. The maximum atomic E-state index is 3.59. The average molecular weight is 240 g/mol. The van der Waals surface area contributed by atoms with Crippen molar-refractivity contribution in [2.45, 2.75) is 19.1 Å². The van der Waals surface area contributed by atoms with Crippen LogP contribution in [0.2, 0.25) is 0 Å². The Kier molecular flexibility index (Phi) is 4.51. The normalized spacial score (nSPS) is 14.1. The van der Waals surface area contributed by atoms with Gasteiger partial charge in [-0.2, -0.15) is 0 Å². The van der Waals surface area contributed by atoms with Crippen LogP contribution in [0.5, 0.6) is 0 Å². The molecule has 0 fully saturated rings. The van der Waals surface area contributed by atoms with E-state index < -0.39 is 0 Å². The van der Waals surface area contributed by atoms with Crippen LogP contribution in [0.1, 0.15) is 30.3 Å². The summed E-state index contributed by atoms with van der Waals surface area (Å²) in [6.45, 7) is 2.18. The summed E-state index contributed by atoms with van der Waals surface area (Å²) in [6, 6.07) is 21.2. The molecule has 18 heavy (non-hydrogen) atoms. The van der Waals surface area contributed by atoms with E-state index in [2.05, 4.69) is 66.1 Å². The van der Waals surface area contributed by atoms with Gasteiger partial charge in [-0.1, -0.05) is 60.7 Å². The van der Waals surface area contributed by atoms with Crippen molar-refractivity contribution in [3.05, 3.63) is 71.8 Å². The van der Waals surface area contributed by atoms with Gasteiger partial charge in [0.05, 0.1) is 6.17 Å². The quantitative estimate of drug-likeness (QED) is 0.784. The molecule has 2 aromatic rings. The Hall–Kier alpha value is -1.64. The van der Waals surface area contributed by atoms with Gasteiger partial charge in [0.15, 0.2) is 0 Å². The molecule has 0 saturated heterocycles. The standard InChI is InChI=1S/C16H20N2/c1-13(14-9-5-3-6-10-14)18-16(17-2)15-11-7-4-8-12-15/h3-13,16-18H,1-2H3. The molecule has 0 bridgehead atoms. The highest BCUT2D eigenvalue weighted by Crippen LogP contribution is 2.17. The van der Waals surface area contributed by atoms with Crippen molar-refractivity contribution in [3.63, 3.8) is 0 Å². The van der Waals surface area contributed by atoms with Crippen LogP contribution in [-0.2, 0) is 0 Å². The Morgan fingerprint density at radius 3 is 1.78 bits per heavy atom. The van der Waals surface area contributed by atoms with Gasteiger partial charge in [-0.3, -0.25) is 5.32 Å². The molecule has 0 aliphatic rings. The summed E-state index contributed by atoms with van der Waals surface area (Å²) >= 11 is 0. The molecule has 0 heterocycles. The van der Waals surface area contributed by atoms with Crippen LogP contribution in [0.4, 0.5) is 0 Å². The zero-order valence-corrected chi connectivity index (χ0v) is 10.9. The maximum Gasteiger partial charge on any atom is 0.0837 e. The van der Waals surface area contributed by atoms with Crippen molar-refractivity contribution in [3.8, 4) is 0 Å². The molecule has 2 rings (SSSR count). The molecular weight excluding hydrogens is 220 g/mol. The Morgan fingerprint density at radius 1 is 0.778 bits per heavy atom. The molecule has 2 N–H and O–H groups in total. The van der Waals surface area contributed by atoms with Gasteiger partial charge in [0.1, 0.15) is 0 Å². The first-order valence-electron chi connectivity index (χ1n) is 6.34. The highest BCUT2D eigenvalue weighted by atomic mass is 15.1. The molecule has 2 atom stereocenters. The number of nitrogens with one attached hydrogen (secondary N) is 2. The molecule has 2 heteroatoms. The fraction of sp³-hybridized carbons (Fsp3) is 0.250. The van der Waals surface area contributed by atoms with Gasteiger partial charge in [-0.25, -0.2) is 0 Å². The van der Waals surface area contributed by atoms with E-state index >= 15 is 0 Å². The number of benzene rings is 2. The molecule has 0 aliphatic heterocycles. The van der Waals surface area contributed by atoms with Gasteiger partial charge in [0.25, 0.3) is 0 Å². The van der Waals surface area contributed by atoms with Crippen LogP contribution in [-0.4, -0.2) is 7.05 Å². The maximum absolute atomic E-state index is 3.59. The lowest BCUT2D eigenvalue weighted by Crippen LogP contribution is -2.33. The van der Waals surface area contributed by atoms with E-state index in [0.29, 0.717) is 6.04 Å². The summed E-state index contributed by atoms with van der Waals surface area (Å²) in [6.07, 6.45) is 0.168. The van der Waals surface area contributed by atoms with Gasteiger partial charge in [-0.15, -0.1) is 0 Å². The smallest absolute Gasteiger partial charge is 0.0837 e. The predicted octanol–water partition coefficient (Wildman–Crippen LogP) is 3.26. The van der Waals surface area contributed by atoms with Gasteiger partial charge in [0.2, 0.25) is 0 Å². The zero-order chi connectivity index (χ0) is 12.8. The summed E-state index contributed by atoms with van der Waals surface area (Å²) in [4.78, 5) is 0. The van der Waals surface area contributed by atoms with Crippen LogP contribution in [0.15, 0.2) is 60.7 Å². The Balaban J connectivity index is 2.07. The van der Waals surface area contributed by atoms with Crippen LogP contribution < -0.4 is 10.6 Å². The van der Waals surface area contributed by atoms with E-state index in [1.807, 2.05) is 19.2 Å². The van der Waals surface area contributed by atoms with Gasteiger partial charge in [0, 0.05) is 6.04 Å². The van der Waals surface area contributed by atoms with E-state index in [9.17, 15) is 0 Å². The first-order valence-corrected chi connectivity index (χ1v) is 6.34. The molecule has 0 aromatic heterocycles. The van der Waals surface area contributed by atoms with Crippen molar-refractivity contribution in [1.82, 2.24) is 10.6 Å². The minimum Gasteiger partial charge on any atom is -0.301 e. The summed E-state index contributed by atoms with van der Waals surface area (Å²) in [5.41, 5.74) is 2.55. The number of hydrogen-bond donors (Lipinski definition) is 2. The van der Waals surface area contributed by atoms with Crippen LogP contribution in [0, 0.1) is 0 Å². The molecule has 0 aliphatic carbocycles. The van der Waals surface area contributed by atoms with E-state index in [1.165, 1.54) is 11.1 Å². The second-order valence-corrected chi connectivity index (χ2v) is 4.43. The molecule has 2 nitrogen and oxygen atoms in total. The Labute approximate surface area is 109 Å². The lowest BCUT2D eigenvalue weighted by Gasteiger charge is -2.23. The van der Waals surface area contributed by atoms with Crippen molar-refractivity contribution >= 4 is 0 Å². The second kappa shape index (κ2) is 6.34. The Morgan fingerprint density at radius 2 is 1.28 bits per heavy atom. The molecule has 0 radical (unpaired) electrons. The first-order chi connectivity index (χ1) is 8.81. The summed E-state index contributed by atoms with van der Waals surface area (Å²) in [5, 5.41) is 6.90. The Bertz CT molecular complexity index is 453. The molecular formula is C16H20N2. The molecule has 0 saturated carbocycles. The van der Waals surface area contributed by atoms with Gasteiger partial charge >= 0.3 is 0 Å². The first kappa shape index (κ1) is 12.8. The van der Waals surface area contributed by atoms with E-state index in [-0.39, 0.29) is 6.17 Å². The third kappa shape index (κ3) is 3.19. The highest BCUT2D eigenvalue weighted by molar-refractivity contribution is 5.21. The predicted molar refractivity (Wildman–Crippen MR) is 76.2 cm³/mol. The fourth-order valence-corrected chi connectivity index (χ4v) is 2.08.